The lowest BCUT2D eigenvalue weighted by molar-refractivity contribution is -0.200. The summed E-state index contributed by atoms with van der Waals surface area (Å²) in [5, 5.41) is 12.9. The topological polar surface area (TPSA) is 55.8 Å². The lowest BCUT2D eigenvalue weighted by Gasteiger charge is -2.50. The smallest absolute Gasteiger partial charge is 0.261 e. The first-order valence-electron chi connectivity index (χ1n) is 12.1. The van der Waals surface area contributed by atoms with Gasteiger partial charge in [0.2, 0.25) is 0 Å². The number of carbonyl (C=O) groups is 1. The van der Waals surface area contributed by atoms with E-state index < -0.39 is 31.5 Å². The Morgan fingerprint density at radius 2 is 1.64 bits per heavy atom. The lowest BCUT2D eigenvalue weighted by atomic mass is 9.69. The normalized spacial score (nSPS) is 31.5. The standard InChI is InChI=1S/C28H34O4Si/c1-26(2,3)33(21-11-6-4-7-12-21,22-13-8-5-9-14-22)31-20-27-17-18-28(32-27)16-10-15-23(29)25(28)24(30)19-27/h4-9,11-14,17-18,23,25,29H,10,15-16,19-20H2,1-3H3/t23-,25-,27+,28-/m1/s1. The molecule has 1 aliphatic carbocycles. The van der Waals surface area contributed by atoms with Crippen molar-refractivity contribution in [1.29, 1.82) is 0 Å². The van der Waals surface area contributed by atoms with Crippen LogP contribution in [-0.2, 0) is 14.0 Å². The Morgan fingerprint density at radius 1 is 1.03 bits per heavy atom. The van der Waals surface area contributed by atoms with E-state index in [1.807, 2.05) is 12.1 Å². The van der Waals surface area contributed by atoms with Gasteiger partial charge in [-0.05, 0) is 34.7 Å². The van der Waals surface area contributed by atoms with Crippen molar-refractivity contribution in [2.24, 2.45) is 5.92 Å². The van der Waals surface area contributed by atoms with Crippen molar-refractivity contribution in [1.82, 2.24) is 0 Å². The first kappa shape index (κ1) is 22.7. The Balaban J connectivity index is 1.53. The summed E-state index contributed by atoms with van der Waals surface area (Å²) in [6.45, 7) is 7.09. The molecule has 0 aromatic heterocycles. The minimum Gasteiger partial charge on any atom is -0.404 e. The molecule has 1 spiro atoms. The van der Waals surface area contributed by atoms with E-state index in [0.29, 0.717) is 13.0 Å². The molecular weight excluding hydrogens is 428 g/mol. The summed E-state index contributed by atoms with van der Waals surface area (Å²) in [7, 11) is -2.73. The monoisotopic (exact) mass is 462 g/mol. The molecule has 1 saturated heterocycles. The van der Waals surface area contributed by atoms with E-state index in [0.717, 1.165) is 12.8 Å². The molecule has 0 radical (unpaired) electrons. The Kier molecular flexibility index (Phi) is 5.52. The Hall–Kier alpha value is -2.05. The SMILES string of the molecule is CC(C)(C)[Si](OC[C@]12C=C[C@@]3(CCC[C@@H](O)[C@@H]3C(=O)C1)O2)(c1ccccc1)c1ccccc1. The Labute approximate surface area is 197 Å². The zero-order valence-electron chi connectivity index (χ0n) is 19.8. The number of hydrogen-bond acceptors (Lipinski definition) is 4. The van der Waals surface area contributed by atoms with Gasteiger partial charge in [-0.1, -0.05) is 93.6 Å². The van der Waals surface area contributed by atoms with Crippen LogP contribution in [0.5, 0.6) is 0 Å². The fourth-order valence-corrected chi connectivity index (χ4v) is 11.0. The zero-order chi connectivity index (χ0) is 23.3. The summed E-state index contributed by atoms with van der Waals surface area (Å²) in [6, 6.07) is 21.1. The van der Waals surface area contributed by atoms with Gasteiger partial charge in [-0.15, -0.1) is 0 Å². The van der Waals surface area contributed by atoms with Gasteiger partial charge in [0.25, 0.3) is 8.32 Å². The van der Waals surface area contributed by atoms with Gasteiger partial charge in [0.05, 0.1) is 24.2 Å². The minimum atomic E-state index is -2.73. The number of Topliss-reactive ketones (excluding diaryl/α,β-unsaturated/α-hetero) is 1. The van der Waals surface area contributed by atoms with Crippen LogP contribution in [0.25, 0.3) is 0 Å². The largest absolute Gasteiger partial charge is 0.404 e. The highest BCUT2D eigenvalue weighted by Crippen LogP contribution is 2.52. The van der Waals surface area contributed by atoms with E-state index in [2.05, 4.69) is 81.5 Å². The number of rotatable bonds is 5. The van der Waals surface area contributed by atoms with Crippen LogP contribution in [0.15, 0.2) is 72.8 Å². The van der Waals surface area contributed by atoms with Gasteiger partial charge in [0, 0.05) is 6.42 Å². The maximum absolute atomic E-state index is 13.2. The summed E-state index contributed by atoms with van der Waals surface area (Å²) in [5.41, 5.74) is -1.44. The van der Waals surface area contributed by atoms with Crippen molar-refractivity contribution < 1.29 is 19.1 Å². The summed E-state index contributed by atoms with van der Waals surface area (Å²) >= 11 is 0. The van der Waals surface area contributed by atoms with Gasteiger partial charge in [-0.25, -0.2) is 0 Å². The van der Waals surface area contributed by atoms with E-state index in [9.17, 15) is 9.90 Å². The fourth-order valence-electron chi connectivity index (χ4n) is 6.38. The number of aliphatic hydroxyl groups is 1. The first-order valence-corrected chi connectivity index (χ1v) is 14.0. The maximum Gasteiger partial charge on any atom is 0.261 e. The molecule has 1 saturated carbocycles. The molecule has 5 heteroatoms. The highest BCUT2D eigenvalue weighted by molar-refractivity contribution is 6.99. The summed E-state index contributed by atoms with van der Waals surface area (Å²) in [6.07, 6.45) is 6.05. The van der Waals surface area contributed by atoms with Crippen molar-refractivity contribution in [2.75, 3.05) is 6.61 Å². The lowest BCUT2D eigenvalue weighted by Crippen LogP contribution is -2.68. The van der Waals surface area contributed by atoms with Crippen LogP contribution in [0, 0.1) is 5.92 Å². The number of ketones is 1. The van der Waals surface area contributed by atoms with E-state index in [1.165, 1.54) is 10.4 Å². The number of carbonyl (C=O) groups excluding carboxylic acids is 1. The predicted octanol–water partition coefficient (Wildman–Crippen LogP) is 3.76. The average Bonchev–Trinajstić information content (AvgIpc) is 3.07. The molecule has 3 aliphatic rings. The van der Waals surface area contributed by atoms with Crippen LogP contribution in [0.4, 0.5) is 0 Å². The van der Waals surface area contributed by atoms with Gasteiger partial charge in [-0.2, -0.15) is 0 Å². The van der Waals surface area contributed by atoms with Crippen molar-refractivity contribution >= 4 is 24.5 Å². The van der Waals surface area contributed by atoms with Gasteiger partial charge in [0.15, 0.2) is 0 Å². The summed E-state index contributed by atoms with van der Waals surface area (Å²) < 4.78 is 13.8. The molecular formula is C28H34O4Si. The first-order chi connectivity index (χ1) is 15.7. The zero-order valence-corrected chi connectivity index (χ0v) is 20.8. The fraction of sp³-hybridized carbons (Fsp3) is 0.464. The number of hydrogen-bond donors (Lipinski definition) is 1. The van der Waals surface area contributed by atoms with Gasteiger partial charge in [0.1, 0.15) is 11.4 Å². The molecule has 0 amide bonds. The van der Waals surface area contributed by atoms with E-state index >= 15 is 0 Å². The molecule has 2 fully saturated rings. The average molecular weight is 463 g/mol. The second-order valence-corrected chi connectivity index (χ2v) is 15.3. The molecule has 0 unspecified atom stereocenters. The van der Waals surface area contributed by atoms with E-state index in [4.69, 9.17) is 9.16 Å². The summed E-state index contributed by atoms with van der Waals surface area (Å²) in [5.74, 6) is -0.351. The Bertz CT molecular complexity index is 1010. The number of aliphatic hydroxyl groups excluding tert-OH is 1. The molecule has 5 rings (SSSR count). The van der Waals surface area contributed by atoms with Crippen molar-refractivity contribution in [3.63, 3.8) is 0 Å². The minimum absolute atomic E-state index is 0.101. The van der Waals surface area contributed by atoms with Crippen LogP contribution in [0.2, 0.25) is 5.04 Å². The number of ether oxygens (including phenoxy) is 1. The molecule has 33 heavy (non-hydrogen) atoms. The molecule has 2 aliphatic heterocycles. The van der Waals surface area contributed by atoms with Crippen LogP contribution in [-0.4, -0.2) is 43.1 Å². The molecule has 2 aromatic rings. The third-order valence-corrected chi connectivity index (χ3v) is 12.8. The van der Waals surface area contributed by atoms with E-state index in [-0.39, 0.29) is 17.2 Å². The Morgan fingerprint density at radius 3 is 2.21 bits per heavy atom. The predicted molar refractivity (Wildman–Crippen MR) is 132 cm³/mol. The maximum atomic E-state index is 13.2. The van der Waals surface area contributed by atoms with Gasteiger partial charge >= 0.3 is 0 Å². The second-order valence-electron chi connectivity index (χ2n) is 11.0. The molecule has 174 valence electrons. The van der Waals surface area contributed by atoms with Crippen molar-refractivity contribution in [3.05, 3.63) is 72.8 Å². The number of benzene rings is 2. The molecule has 1 N–H and O–H groups in total. The van der Waals surface area contributed by atoms with Crippen LogP contribution >= 0.6 is 0 Å². The van der Waals surface area contributed by atoms with Crippen LogP contribution in [0.3, 0.4) is 0 Å². The van der Waals surface area contributed by atoms with E-state index in [1.54, 1.807) is 0 Å². The van der Waals surface area contributed by atoms with Gasteiger partial charge < -0.3 is 14.3 Å². The molecule has 4 atom stereocenters. The number of fused-ring (bicyclic) bond motifs is 1. The van der Waals surface area contributed by atoms with Crippen molar-refractivity contribution in [2.45, 2.75) is 68.8 Å². The van der Waals surface area contributed by atoms with Crippen molar-refractivity contribution in [3.8, 4) is 0 Å². The molecule has 2 heterocycles. The third kappa shape index (κ3) is 3.57. The highest BCUT2D eigenvalue weighted by Gasteiger charge is 2.61. The molecule has 2 aromatic carbocycles. The third-order valence-electron chi connectivity index (χ3n) is 7.81. The van der Waals surface area contributed by atoms with Crippen LogP contribution in [0.1, 0.15) is 46.5 Å². The molecule has 4 nitrogen and oxygen atoms in total. The molecule has 2 bridgehead atoms. The highest BCUT2D eigenvalue weighted by atomic mass is 28.4. The van der Waals surface area contributed by atoms with Gasteiger partial charge in [-0.3, -0.25) is 4.79 Å². The summed E-state index contributed by atoms with van der Waals surface area (Å²) in [4.78, 5) is 13.2. The van der Waals surface area contributed by atoms with Crippen LogP contribution < -0.4 is 10.4 Å². The quantitative estimate of drug-likeness (QED) is 0.543. The second kappa shape index (κ2) is 8.02.